The first-order valence-electron chi connectivity index (χ1n) is 7.97. The van der Waals surface area contributed by atoms with Crippen LogP contribution in [0.3, 0.4) is 0 Å². The van der Waals surface area contributed by atoms with Crippen molar-refractivity contribution < 1.29 is 9.59 Å². The third-order valence-electron chi connectivity index (χ3n) is 3.77. The SMILES string of the molecule is CC(=O)NCc1ccc(C(=O)CSc2nc3ccc(C)cc3[nH]2)cc1. The number of aromatic amines is 1. The molecule has 2 N–H and O–H groups in total. The Hall–Kier alpha value is -2.60. The molecule has 2 aromatic carbocycles. The minimum atomic E-state index is -0.0717. The third-order valence-corrected chi connectivity index (χ3v) is 4.65. The molecule has 5 nitrogen and oxygen atoms in total. The maximum Gasteiger partial charge on any atom is 0.217 e. The molecule has 6 heteroatoms. The summed E-state index contributed by atoms with van der Waals surface area (Å²) < 4.78 is 0. The van der Waals surface area contributed by atoms with Crippen molar-refractivity contribution in [3.05, 3.63) is 59.2 Å². The van der Waals surface area contributed by atoms with Crippen LogP contribution in [-0.2, 0) is 11.3 Å². The molecular weight excluding hydrogens is 334 g/mol. The topological polar surface area (TPSA) is 74.8 Å². The second-order valence-electron chi connectivity index (χ2n) is 5.88. The Labute approximate surface area is 150 Å². The van der Waals surface area contributed by atoms with Gasteiger partial charge in [0.2, 0.25) is 5.91 Å². The van der Waals surface area contributed by atoms with E-state index in [-0.39, 0.29) is 11.7 Å². The fourth-order valence-corrected chi connectivity index (χ4v) is 3.20. The Morgan fingerprint density at radius 1 is 1.16 bits per heavy atom. The number of thioether (sulfide) groups is 1. The molecule has 0 radical (unpaired) electrons. The van der Waals surface area contributed by atoms with Crippen molar-refractivity contribution in [2.24, 2.45) is 0 Å². The molecule has 0 aliphatic carbocycles. The molecule has 1 heterocycles. The quantitative estimate of drug-likeness (QED) is 0.525. The van der Waals surface area contributed by atoms with Gasteiger partial charge in [-0.1, -0.05) is 42.1 Å². The van der Waals surface area contributed by atoms with Crippen molar-refractivity contribution in [2.45, 2.75) is 25.5 Å². The minimum absolute atomic E-state index is 0.0488. The van der Waals surface area contributed by atoms with Gasteiger partial charge in [-0.15, -0.1) is 0 Å². The van der Waals surface area contributed by atoms with E-state index >= 15 is 0 Å². The van der Waals surface area contributed by atoms with Crippen LogP contribution >= 0.6 is 11.8 Å². The van der Waals surface area contributed by atoms with Crippen LogP contribution < -0.4 is 5.32 Å². The first-order chi connectivity index (χ1) is 12.0. The van der Waals surface area contributed by atoms with E-state index < -0.39 is 0 Å². The van der Waals surface area contributed by atoms with Crippen LogP contribution in [-0.4, -0.2) is 27.4 Å². The van der Waals surface area contributed by atoms with Crippen LogP contribution in [0.4, 0.5) is 0 Å². The van der Waals surface area contributed by atoms with Gasteiger partial charge in [0.25, 0.3) is 0 Å². The first-order valence-corrected chi connectivity index (χ1v) is 8.95. The lowest BCUT2D eigenvalue weighted by atomic mass is 10.1. The van der Waals surface area contributed by atoms with Crippen molar-refractivity contribution >= 4 is 34.5 Å². The van der Waals surface area contributed by atoms with E-state index in [1.807, 2.05) is 37.3 Å². The van der Waals surface area contributed by atoms with E-state index in [1.54, 1.807) is 12.1 Å². The molecule has 0 aliphatic heterocycles. The number of Topliss-reactive ketones (excluding diaryl/α,β-unsaturated/α-hetero) is 1. The summed E-state index contributed by atoms with van der Waals surface area (Å²) in [5.74, 6) is 0.300. The molecule has 3 rings (SSSR count). The van der Waals surface area contributed by atoms with Gasteiger partial charge < -0.3 is 10.3 Å². The highest BCUT2D eigenvalue weighted by Gasteiger charge is 2.09. The molecule has 1 aromatic heterocycles. The first kappa shape index (κ1) is 17.2. The van der Waals surface area contributed by atoms with E-state index in [1.165, 1.54) is 24.2 Å². The Morgan fingerprint density at radius 3 is 2.64 bits per heavy atom. The number of imidazole rings is 1. The molecule has 1 amide bonds. The highest BCUT2D eigenvalue weighted by atomic mass is 32.2. The molecule has 0 spiro atoms. The number of fused-ring (bicyclic) bond motifs is 1. The van der Waals surface area contributed by atoms with Gasteiger partial charge in [-0.25, -0.2) is 4.98 Å². The summed E-state index contributed by atoms with van der Waals surface area (Å²) in [5, 5.41) is 3.48. The summed E-state index contributed by atoms with van der Waals surface area (Å²) in [4.78, 5) is 31.0. The number of carbonyl (C=O) groups is 2. The second-order valence-corrected chi connectivity index (χ2v) is 6.85. The zero-order valence-corrected chi connectivity index (χ0v) is 14.9. The maximum atomic E-state index is 12.3. The lowest BCUT2D eigenvalue weighted by Gasteiger charge is -2.04. The monoisotopic (exact) mass is 353 g/mol. The van der Waals surface area contributed by atoms with E-state index in [2.05, 4.69) is 15.3 Å². The smallest absolute Gasteiger partial charge is 0.217 e. The molecule has 128 valence electrons. The number of rotatable bonds is 6. The Morgan fingerprint density at radius 2 is 1.92 bits per heavy atom. The molecule has 0 saturated heterocycles. The average Bonchev–Trinajstić information content (AvgIpc) is 3.00. The lowest BCUT2D eigenvalue weighted by molar-refractivity contribution is -0.119. The standard InChI is InChI=1S/C19H19N3O2S/c1-12-3-8-16-17(9-12)22-19(21-16)25-11-18(24)15-6-4-14(5-7-15)10-20-13(2)23/h3-9H,10-11H2,1-2H3,(H,20,23)(H,21,22). The summed E-state index contributed by atoms with van der Waals surface area (Å²) in [6.07, 6.45) is 0. The van der Waals surface area contributed by atoms with Crippen LogP contribution in [0.5, 0.6) is 0 Å². The van der Waals surface area contributed by atoms with Crippen molar-refractivity contribution in [3.8, 4) is 0 Å². The molecule has 0 saturated carbocycles. The zero-order valence-electron chi connectivity index (χ0n) is 14.1. The summed E-state index contributed by atoms with van der Waals surface area (Å²) in [6, 6.07) is 13.3. The molecule has 0 bridgehead atoms. The Balaban J connectivity index is 1.60. The highest BCUT2D eigenvalue weighted by molar-refractivity contribution is 7.99. The third kappa shape index (κ3) is 4.48. The van der Waals surface area contributed by atoms with E-state index in [4.69, 9.17) is 0 Å². The largest absolute Gasteiger partial charge is 0.352 e. The molecule has 0 atom stereocenters. The van der Waals surface area contributed by atoms with Crippen molar-refractivity contribution in [1.29, 1.82) is 0 Å². The highest BCUT2D eigenvalue weighted by Crippen LogP contribution is 2.21. The number of aryl methyl sites for hydroxylation is 1. The van der Waals surface area contributed by atoms with Crippen LogP contribution in [0.15, 0.2) is 47.6 Å². The van der Waals surface area contributed by atoms with Gasteiger partial charge in [0.05, 0.1) is 16.8 Å². The number of aromatic nitrogens is 2. The van der Waals surface area contributed by atoms with Gasteiger partial charge in [0.1, 0.15) is 0 Å². The second kappa shape index (κ2) is 7.53. The number of nitrogens with one attached hydrogen (secondary N) is 2. The Kier molecular flexibility index (Phi) is 5.19. The van der Waals surface area contributed by atoms with Crippen LogP contribution in [0.2, 0.25) is 0 Å². The Bertz CT molecular complexity index is 916. The van der Waals surface area contributed by atoms with E-state index in [0.717, 1.165) is 21.8 Å². The van der Waals surface area contributed by atoms with Gasteiger partial charge in [0.15, 0.2) is 10.9 Å². The number of hydrogen-bond acceptors (Lipinski definition) is 4. The maximum absolute atomic E-state index is 12.3. The number of amides is 1. The van der Waals surface area contributed by atoms with Gasteiger partial charge in [-0.05, 0) is 30.2 Å². The molecule has 0 unspecified atom stereocenters. The molecule has 0 aliphatic rings. The van der Waals surface area contributed by atoms with Crippen LogP contribution in [0, 0.1) is 6.92 Å². The molecule has 3 aromatic rings. The number of benzene rings is 2. The number of carbonyl (C=O) groups excluding carboxylic acids is 2. The van der Waals surface area contributed by atoms with Gasteiger partial charge in [-0.3, -0.25) is 9.59 Å². The normalized spacial score (nSPS) is 10.8. The molecular formula is C19H19N3O2S. The van der Waals surface area contributed by atoms with Crippen LogP contribution in [0.25, 0.3) is 11.0 Å². The number of hydrogen-bond donors (Lipinski definition) is 2. The van der Waals surface area contributed by atoms with E-state index in [0.29, 0.717) is 17.9 Å². The zero-order chi connectivity index (χ0) is 17.8. The summed E-state index contributed by atoms with van der Waals surface area (Å²) in [5.41, 5.74) is 4.68. The van der Waals surface area contributed by atoms with Crippen molar-refractivity contribution in [2.75, 3.05) is 5.75 Å². The van der Waals surface area contributed by atoms with Gasteiger partial charge >= 0.3 is 0 Å². The predicted octanol–water partition coefficient (Wildman–Crippen LogP) is 3.48. The lowest BCUT2D eigenvalue weighted by Crippen LogP contribution is -2.18. The van der Waals surface area contributed by atoms with Crippen LogP contribution in [0.1, 0.15) is 28.4 Å². The average molecular weight is 353 g/mol. The van der Waals surface area contributed by atoms with Gasteiger partial charge in [0, 0.05) is 19.0 Å². The summed E-state index contributed by atoms with van der Waals surface area (Å²) >= 11 is 1.40. The fraction of sp³-hybridized carbons (Fsp3) is 0.211. The number of ketones is 1. The fourth-order valence-electron chi connectivity index (χ4n) is 2.42. The predicted molar refractivity (Wildman–Crippen MR) is 99.8 cm³/mol. The number of H-pyrrole nitrogens is 1. The summed E-state index contributed by atoms with van der Waals surface area (Å²) in [7, 11) is 0. The van der Waals surface area contributed by atoms with Crippen molar-refractivity contribution in [1.82, 2.24) is 15.3 Å². The number of nitrogens with zero attached hydrogens (tertiary/aromatic N) is 1. The molecule has 0 fully saturated rings. The van der Waals surface area contributed by atoms with E-state index in [9.17, 15) is 9.59 Å². The minimum Gasteiger partial charge on any atom is -0.352 e. The van der Waals surface area contributed by atoms with Gasteiger partial charge in [-0.2, -0.15) is 0 Å². The van der Waals surface area contributed by atoms with Crippen molar-refractivity contribution in [3.63, 3.8) is 0 Å². The summed E-state index contributed by atoms with van der Waals surface area (Å²) in [6.45, 7) is 3.98. The molecule has 25 heavy (non-hydrogen) atoms.